The molecule has 7 heteroatoms. The quantitative estimate of drug-likeness (QED) is 0.317. The highest BCUT2D eigenvalue weighted by Gasteiger charge is 2.21. The molecule has 168 valence electrons. The third-order valence-electron chi connectivity index (χ3n) is 6.46. The highest BCUT2D eigenvalue weighted by molar-refractivity contribution is 6.08. The van der Waals surface area contributed by atoms with Crippen molar-refractivity contribution in [2.24, 2.45) is 5.73 Å². The van der Waals surface area contributed by atoms with E-state index >= 15 is 0 Å². The van der Waals surface area contributed by atoms with Crippen LogP contribution < -0.4 is 10.5 Å². The van der Waals surface area contributed by atoms with Crippen molar-refractivity contribution in [1.82, 2.24) is 14.5 Å². The second kappa shape index (κ2) is 8.58. The largest absolute Gasteiger partial charge is 0.490 e. The van der Waals surface area contributed by atoms with E-state index in [1.807, 2.05) is 55.7 Å². The Morgan fingerprint density at radius 3 is 2.55 bits per heavy atom. The number of fused-ring (bicyclic) bond motifs is 2. The Balaban J connectivity index is 1.41. The molecule has 0 aliphatic carbocycles. The van der Waals surface area contributed by atoms with E-state index in [0.29, 0.717) is 12.4 Å². The number of imidazole rings is 1. The average Bonchev–Trinajstić information content (AvgIpc) is 3.21. The molecule has 1 aliphatic heterocycles. The maximum absolute atomic E-state index is 7.89. The van der Waals surface area contributed by atoms with Crippen LogP contribution in [-0.4, -0.2) is 45.3 Å². The number of nitrogen functional groups attached to an aromatic ring is 1. The van der Waals surface area contributed by atoms with Crippen molar-refractivity contribution in [3.8, 4) is 5.75 Å². The molecule has 1 aliphatic rings. The Kier molecular flexibility index (Phi) is 5.46. The molecule has 1 fully saturated rings. The molecule has 0 bridgehead atoms. The van der Waals surface area contributed by atoms with Crippen molar-refractivity contribution < 1.29 is 4.74 Å². The van der Waals surface area contributed by atoms with E-state index in [1.54, 1.807) is 0 Å². The first-order valence-electron chi connectivity index (χ1n) is 11.3. The normalized spacial score (nSPS) is 14.6. The summed E-state index contributed by atoms with van der Waals surface area (Å²) >= 11 is 0. The predicted octanol–water partition coefficient (Wildman–Crippen LogP) is 4.36. The predicted molar refractivity (Wildman–Crippen MR) is 132 cm³/mol. The Bertz CT molecular complexity index is 1350. The lowest BCUT2D eigenvalue weighted by molar-refractivity contribution is 0.130. The van der Waals surface area contributed by atoms with Crippen LogP contribution in [0.5, 0.6) is 5.75 Å². The van der Waals surface area contributed by atoms with Gasteiger partial charge in [-0.25, -0.2) is 4.98 Å². The van der Waals surface area contributed by atoms with Gasteiger partial charge in [-0.1, -0.05) is 36.4 Å². The number of rotatable bonds is 5. The Morgan fingerprint density at radius 2 is 1.82 bits per heavy atom. The van der Waals surface area contributed by atoms with Gasteiger partial charge in [0.15, 0.2) is 0 Å². The summed E-state index contributed by atoms with van der Waals surface area (Å²) in [4.78, 5) is 6.68. The van der Waals surface area contributed by atoms with Crippen molar-refractivity contribution in [2.75, 3.05) is 13.1 Å². The number of ether oxygens (including phenoxy) is 1. The molecule has 0 amide bonds. The first kappa shape index (κ1) is 21.0. The van der Waals surface area contributed by atoms with Crippen LogP contribution in [0.15, 0.2) is 60.9 Å². The average molecular weight is 441 g/mol. The van der Waals surface area contributed by atoms with Crippen molar-refractivity contribution in [3.63, 3.8) is 0 Å². The lowest BCUT2D eigenvalue weighted by Crippen LogP contribution is -2.40. The van der Waals surface area contributed by atoms with Crippen molar-refractivity contribution in [2.45, 2.75) is 32.4 Å². The summed E-state index contributed by atoms with van der Waals surface area (Å²) in [5.74, 6) is 1.56. The summed E-state index contributed by atoms with van der Waals surface area (Å²) in [5.41, 5.74) is 9.66. The van der Waals surface area contributed by atoms with E-state index in [-0.39, 0.29) is 11.9 Å². The topological polar surface area (TPSA) is 104 Å². The number of likely N-dealkylation sites (tertiary alicyclic amines) is 1. The second-order valence-electron chi connectivity index (χ2n) is 8.64. The molecule has 0 saturated carbocycles. The second-order valence-corrected chi connectivity index (χ2v) is 8.64. The monoisotopic (exact) mass is 440 g/mol. The maximum atomic E-state index is 7.89. The summed E-state index contributed by atoms with van der Waals surface area (Å²) in [5, 5.41) is 17.8. The number of nitrogens with two attached hydrogens (primary N) is 1. The van der Waals surface area contributed by atoms with Gasteiger partial charge >= 0.3 is 0 Å². The molecule has 3 aromatic carbocycles. The van der Waals surface area contributed by atoms with Gasteiger partial charge in [0.25, 0.3) is 0 Å². The fraction of sp³-hybridized carbons (Fsp3) is 0.269. The Labute approximate surface area is 192 Å². The number of nitrogens with zero attached hydrogens (tertiary/aromatic N) is 3. The summed E-state index contributed by atoms with van der Waals surface area (Å²) in [6.45, 7) is 4.23. The Hall–Kier alpha value is -3.87. The first-order valence-corrected chi connectivity index (χ1v) is 11.3. The van der Waals surface area contributed by atoms with Crippen molar-refractivity contribution in [1.29, 1.82) is 10.8 Å². The van der Waals surface area contributed by atoms with Crippen LogP contribution in [0, 0.1) is 10.8 Å². The van der Waals surface area contributed by atoms with Crippen LogP contribution >= 0.6 is 0 Å². The minimum atomic E-state index is 0.0780. The van der Waals surface area contributed by atoms with Crippen LogP contribution in [0.2, 0.25) is 0 Å². The minimum Gasteiger partial charge on any atom is -0.490 e. The van der Waals surface area contributed by atoms with Gasteiger partial charge in [-0.2, -0.15) is 0 Å². The number of aromatic nitrogens is 2. The minimum absolute atomic E-state index is 0.0780. The van der Waals surface area contributed by atoms with Crippen molar-refractivity contribution >= 4 is 33.5 Å². The zero-order chi connectivity index (χ0) is 22.9. The Morgan fingerprint density at radius 1 is 1.06 bits per heavy atom. The third kappa shape index (κ3) is 4.14. The number of nitrogens with one attached hydrogen (secondary N) is 2. The van der Waals surface area contributed by atoms with Gasteiger partial charge in [0, 0.05) is 44.1 Å². The lowest BCUT2D eigenvalue weighted by Gasteiger charge is -2.32. The van der Waals surface area contributed by atoms with E-state index in [0.717, 1.165) is 64.6 Å². The van der Waals surface area contributed by atoms with Gasteiger partial charge in [-0.3, -0.25) is 10.8 Å². The van der Waals surface area contributed by atoms with Gasteiger partial charge in [-0.15, -0.1) is 0 Å². The zero-order valence-corrected chi connectivity index (χ0v) is 18.7. The van der Waals surface area contributed by atoms with E-state index in [4.69, 9.17) is 21.3 Å². The molecule has 2 heterocycles. The number of amidine groups is 2. The molecule has 0 radical (unpaired) electrons. The number of piperidine rings is 1. The molecule has 33 heavy (non-hydrogen) atoms. The van der Waals surface area contributed by atoms with E-state index in [2.05, 4.69) is 26.6 Å². The van der Waals surface area contributed by atoms with E-state index in [9.17, 15) is 0 Å². The first-order chi connectivity index (χ1) is 16.0. The van der Waals surface area contributed by atoms with Gasteiger partial charge in [0.05, 0.1) is 23.2 Å². The maximum Gasteiger partial charge on any atom is 0.123 e. The van der Waals surface area contributed by atoms with Crippen LogP contribution in [-0.2, 0) is 6.54 Å². The summed E-state index contributed by atoms with van der Waals surface area (Å²) in [6.07, 6.45) is 3.87. The molecule has 0 atom stereocenters. The summed E-state index contributed by atoms with van der Waals surface area (Å²) < 4.78 is 8.44. The standard InChI is InChI=1S/C26H28N6O/c1-17(27)31-12-10-19(11-13-31)33-20-7-9-24-25(14-20)32(16-30-24)15-18-6-8-23(26(28)29)22-5-3-2-4-21(18)22/h2-9,14,16,19,27H,10-13,15H2,1H3,(H3,28,29). The van der Waals surface area contributed by atoms with Gasteiger partial charge < -0.3 is 19.9 Å². The molecular formula is C26H28N6O. The van der Waals surface area contributed by atoms with Crippen LogP contribution in [0.1, 0.15) is 30.9 Å². The summed E-state index contributed by atoms with van der Waals surface area (Å²) in [7, 11) is 0. The molecule has 1 aromatic heterocycles. The molecule has 0 spiro atoms. The number of hydrogen-bond acceptors (Lipinski definition) is 4. The van der Waals surface area contributed by atoms with Gasteiger partial charge in [0.2, 0.25) is 0 Å². The zero-order valence-electron chi connectivity index (χ0n) is 18.7. The highest BCUT2D eigenvalue weighted by atomic mass is 16.5. The van der Waals surface area contributed by atoms with E-state index < -0.39 is 0 Å². The molecule has 4 N–H and O–H groups in total. The molecule has 0 unspecified atom stereocenters. The molecule has 1 saturated heterocycles. The molecular weight excluding hydrogens is 412 g/mol. The third-order valence-corrected chi connectivity index (χ3v) is 6.46. The lowest BCUT2D eigenvalue weighted by atomic mass is 9.99. The van der Waals surface area contributed by atoms with Gasteiger partial charge in [-0.05, 0) is 35.4 Å². The molecule has 7 nitrogen and oxygen atoms in total. The van der Waals surface area contributed by atoms with E-state index in [1.165, 1.54) is 0 Å². The van der Waals surface area contributed by atoms with Crippen molar-refractivity contribution in [3.05, 3.63) is 72.1 Å². The SMILES string of the molecule is CC(=N)N1CCC(Oc2ccc3ncn(Cc4ccc(C(=N)N)c5ccccc45)c3c2)CC1. The highest BCUT2D eigenvalue weighted by Crippen LogP contribution is 2.27. The molecule has 4 aromatic rings. The fourth-order valence-electron chi connectivity index (χ4n) is 4.66. The number of benzene rings is 3. The van der Waals surface area contributed by atoms with Crippen LogP contribution in [0.25, 0.3) is 21.8 Å². The number of hydrogen-bond donors (Lipinski definition) is 3. The summed E-state index contributed by atoms with van der Waals surface area (Å²) in [6, 6.07) is 18.1. The molecule has 5 rings (SSSR count). The van der Waals surface area contributed by atoms with Gasteiger partial charge in [0.1, 0.15) is 17.7 Å². The smallest absolute Gasteiger partial charge is 0.123 e. The fourth-order valence-corrected chi connectivity index (χ4v) is 4.66. The van der Waals surface area contributed by atoms with Crippen LogP contribution in [0.4, 0.5) is 0 Å². The van der Waals surface area contributed by atoms with Crippen LogP contribution in [0.3, 0.4) is 0 Å².